The molecule has 3 aromatic carbocycles. The number of hydrogen-bond acceptors (Lipinski definition) is 10. The zero-order valence-corrected chi connectivity index (χ0v) is 30.1. The van der Waals surface area contributed by atoms with Crippen LogP contribution in [0.3, 0.4) is 0 Å². The molecule has 3 saturated heterocycles. The summed E-state index contributed by atoms with van der Waals surface area (Å²) in [4.78, 5) is 75.3. The van der Waals surface area contributed by atoms with Crippen molar-refractivity contribution in [1.82, 2.24) is 25.0 Å². The fraction of sp³-hybridized carbons (Fsp3) is 0.317. The van der Waals surface area contributed by atoms with E-state index >= 15 is 4.39 Å². The van der Waals surface area contributed by atoms with Crippen LogP contribution in [0.4, 0.5) is 10.2 Å². The first kappa shape index (κ1) is 36.0. The normalized spacial score (nSPS) is 19.8. The molecule has 1 aromatic heterocycles. The number of carbonyl (C=O) groups excluding carboxylic acids is 5. The van der Waals surface area contributed by atoms with Crippen molar-refractivity contribution in [3.63, 3.8) is 0 Å². The smallest absolute Gasteiger partial charge is 0.265 e. The SMILES string of the molecule is NC(=O)c1ccc(N2CCN(C3CCN(Cc4ccc5c(c4F)C(=O)N(C4CCC(=O)NC4=O)C5=O)CC3)CC2)nc1-c1ccc(Oc2ccccc2)cc1. The minimum atomic E-state index is -1.14. The summed E-state index contributed by atoms with van der Waals surface area (Å²) in [6, 6.07) is 22.7. The Bertz CT molecular complexity index is 2170. The molecule has 1 atom stereocenters. The lowest BCUT2D eigenvalue weighted by molar-refractivity contribution is -0.136. The molecule has 4 aliphatic rings. The number of benzene rings is 3. The second kappa shape index (κ2) is 15.0. The van der Waals surface area contributed by atoms with Gasteiger partial charge in [0.05, 0.1) is 22.4 Å². The Morgan fingerprint density at radius 1 is 0.818 bits per heavy atom. The van der Waals surface area contributed by atoms with Crippen LogP contribution in [0.15, 0.2) is 78.9 Å². The monoisotopic (exact) mass is 745 g/mol. The fourth-order valence-electron chi connectivity index (χ4n) is 8.03. The van der Waals surface area contributed by atoms with E-state index in [1.54, 1.807) is 12.1 Å². The number of ether oxygens (including phenoxy) is 1. The number of piperazine rings is 1. The van der Waals surface area contributed by atoms with Crippen LogP contribution in [0.1, 0.15) is 62.3 Å². The first-order chi connectivity index (χ1) is 26.6. The third-order valence-electron chi connectivity index (χ3n) is 11.0. The summed E-state index contributed by atoms with van der Waals surface area (Å²) in [7, 11) is 0. The molecule has 55 heavy (non-hydrogen) atoms. The van der Waals surface area contributed by atoms with Gasteiger partial charge in [0.15, 0.2) is 0 Å². The molecule has 4 aliphatic heterocycles. The van der Waals surface area contributed by atoms with E-state index in [-0.39, 0.29) is 30.5 Å². The van der Waals surface area contributed by atoms with Crippen LogP contribution >= 0.6 is 0 Å². The number of primary amides is 1. The molecular formula is C41H40FN7O6. The van der Waals surface area contributed by atoms with Gasteiger partial charge in [0.25, 0.3) is 17.7 Å². The van der Waals surface area contributed by atoms with Crippen molar-refractivity contribution in [2.24, 2.45) is 5.73 Å². The topological polar surface area (TPSA) is 158 Å². The minimum Gasteiger partial charge on any atom is -0.457 e. The summed E-state index contributed by atoms with van der Waals surface area (Å²) >= 11 is 0. The van der Waals surface area contributed by atoms with Gasteiger partial charge in [-0.2, -0.15) is 0 Å². The maximum Gasteiger partial charge on any atom is 0.265 e. The van der Waals surface area contributed by atoms with Crippen LogP contribution in [-0.2, 0) is 16.1 Å². The molecule has 4 aromatic rings. The Hall–Kier alpha value is -5.99. The van der Waals surface area contributed by atoms with Crippen molar-refractivity contribution < 1.29 is 33.1 Å². The molecule has 0 spiro atoms. The largest absolute Gasteiger partial charge is 0.457 e. The molecule has 282 valence electrons. The van der Waals surface area contributed by atoms with Gasteiger partial charge in [0, 0.05) is 56.3 Å². The lowest BCUT2D eigenvalue weighted by Gasteiger charge is -2.43. The Kier molecular flexibility index (Phi) is 9.84. The van der Waals surface area contributed by atoms with E-state index in [1.165, 1.54) is 6.07 Å². The van der Waals surface area contributed by atoms with Gasteiger partial charge in [0.1, 0.15) is 29.2 Å². The van der Waals surface area contributed by atoms with Crippen molar-refractivity contribution in [3.05, 3.63) is 107 Å². The zero-order valence-electron chi connectivity index (χ0n) is 30.1. The van der Waals surface area contributed by atoms with Gasteiger partial charge < -0.3 is 15.4 Å². The number of anilines is 1. The van der Waals surface area contributed by atoms with E-state index in [0.717, 1.165) is 74.1 Å². The standard InChI is InChI=1S/C41H40FN7O6/c42-36-26(8-11-30-35(36)41(54)49(40(30)53)32-13-15-34(50)45-39(32)52)24-46-18-16-27(17-19-46)47-20-22-48(23-21-47)33-14-12-31(38(43)51)37(44-33)25-6-9-29(10-7-25)55-28-4-2-1-3-5-28/h1-12,14,27,32H,13,15-24H2,(H2,43,51)(H,45,50,52). The molecule has 3 N–H and O–H groups in total. The van der Waals surface area contributed by atoms with Gasteiger partial charge in [-0.15, -0.1) is 0 Å². The number of nitrogens with zero attached hydrogens (tertiary/aromatic N) is 5. The summed E-state index contributed by atoms with van der Waals surface area (Å²) in [5, 5.41) is 2.16. The fourth-order valence-corrected chi connectivity index (χ4v) is 8.03. The van der Waals surface area contributed by atoms with Crippen LogP contribution < -0.4 is 20.7 Å². The predicted molar refractivity (Wildman–Crippen MR) is 200 cm³/mol. The highest BCUT2D eigenvalue weighted by Crippen LogP contribution is 2.33. The van der Waals surface area contributed by atoms with Crippen LogP contribution in [0.5, 0.6) is 11.5 Å². The van der Waals surface area contributed by atoms with Crippen molar-refractivity contribution in [2.75, 3.05) is 44.2 Å². The number of amides is 5. The number of rotatable bonds is 9. The Morgan fingerprint density at radius 3 is 2.22 bits per heavy atom. The van der Waals surface area contributed by atoms with Gasteiger partial charge in [-0.3, -0.25) is 44.0 Å². The second-order valence-electron chi connectivity index (χ2n) is 14.3. The highest BCUT2D eigenvalue weighted by atomic mass is 19.1. The number of imide groups is 2. The van der Waals surface area contributed by atoms with Crippen molar-refractivity contribution >= 4 is 35.4 Å². The summed E-state index contributed by atoms with van der Waals surface area (Å²) in [5.74, 6) is -1.88. The number of halogens is 1. The van der Waals surface area contributed by atoms with Gasteiger partial charge in [-0.05, 0) is 86.9 Å². The Morgan fingerprint density at radius 2 is 1.53 bits per heavy atom. The van der Waals surface area contributed by atoms with E-state index in [9.17, 15) is 24.0 Å². The molecule has 5 amide bonds. The van der Waals surface area contributed by atoms with E-state index in [1.807, 2.05) is 60.7 Å². The molecule has 1 unspecified atom stereocenters. The molecule has 5 heterocycles. The number of pyridine rings is 1. The molecule has 0 aliphatic carbocycles. The molecule has 0 bridgehead atoms. The second-order valence-corrected chi connectivity index (χ2v) is 14.3. The van der Waals surface area contributed by atoms with Gasteiger partial charge in [-0.25, -0.2) is 9.37 Å². The average molecular weight is 746 g/mol. The lowest BCUT2D eigenvalue weighted by Crippen LogP contribution is -2.54. The van der Waals surface area contributed by atoms with Crippen molar-refractivity contribution in [1.29, 1.82) is 0 Å². The number of hydrogen-bond donors (Lipinski definition) is 2. The molecule has 0 saturated carbocycles. The van der Waals surface area contributed by atoms with Gasteiger partial charge in [-0.1, -0.05) is 24.3 Å². The van der Waals surface area contributed by atoms with Crippen molar-refractivity contribution in [2.45, 2.75) is 44.3 Å². The number of fused-ring (bicyclic) bond motifs is 1. The van der Waals surface area contributed by atoms with Crippen LogP contribution in [0, 0.1) is 5.82 Å². The average Bonchev–Trinajstić information content (AvgIpc) is 3.45. The number of piperidine rings is 2. The summed E-state index contributed by atoms with van der Waals surface area (Å²) in [6.45, 7) is 4.97. The highest BCUT2D eigenvalue weighted by Gasteiger charge is 2.46. The summed E-state index contributed by atoms with van der Waals surface area (Å²) in [6.07, 6.45) is 1.80. The highest BCUT2D eigenvalue weighted by molar-refractivity contribution is 6.23. The number of nitrogens with one attached hydrogen (secondary N) is 1. The number of para-hydroxylation sites is 1. The third-order valence-corrected chi connectivity index (χ3v) is 11.0. The Balaban J connectivity index is 0.864. The molecule has 8 rings (SSSR count). The van der Waals surface area contributed by atoms with E-state index in [0.29, 0.717) is 28.6 Å². The van der Waals surface area contributed by atoms with Crippen LogP contribution in [0.2, 0.25) is 0 Å². The quantitative estimate of drug-likeness (QED) is 0.240. The maximum atomic E-state index is 15.8. The van der Waals surface area contributed by atoms with E-state index in [2.05, 4.69) is 20.0 Å². The summed E-state index contributed by atoms with van der Waals surface area (Å²) in [5.41, 5.74) is 7.33. The summed E-state index contributed by atoms with van der Waals surface area (Å²) < 4.78 is 21.8. The van der Waals surface area contributed by atoms with Crippen LogP contribution in [0.25, 0.3) is 11.3 Å². The molecule has 13 nitrogen and oxygen atoms in total. The maximum absolute atomic E-state index is 15.8. The molecular weight excluding hydrogens is 705 g/mol. The van der Waals surface area contributed by atoms with Gasteiger partial charge >= 0.3 is 0 Å². The third kappa shape index (κ3) is 7.18. The number of carbonyl (C=O) groups is 5. The lowest BCUT2D eigenvalue weighted by atomic mass is 10.00. The number of nitrogens with two attached hydrogens (primary N) is 1. The van der Waals surface area contributed by atoms with E-state index < -0.39 is 41.4 Å². The molecule has 0 radical (unpaired) electrons. The first-order valence-electron chi connectivity index (χ1n) is 18.5. The van der Waals surface area contributed by atoms with E-state index in [4.69, 9.17) is 15.5 Å². The van der Waals surface area contributed by atoms with Crippen LogP contribution in [-0.4, -0.2) is 101 Å². The molecule has 14 heteroatoms. The van der Waals surface area contributed by atoms with Gasteiger partial charge in [0.2, 0.25) is 11.8 Å². The zero-order chi connectivity index (χ0) is 38.2. The molecule has 3 fully saturated rings. The first-order valence-corrected chi connectivity index (χ1v) is 18.5. The number of likely N-dealkylation sites (tertiary alicyclic amines) is 1. The van der Waals surface area contributed by atoms with Crippen molar-refractivity contribution in [3.8, 4) is 22.8 Å². The number of aromatic nitrogens is 1. The Labute approximate surface area is 316 Å². The predicted octanol–water partition coefficient (Wildman–Crippen LogP) is 3.97. The minimum absolute atomic E-state index is 0.00394.